The van der Waals surface area contributed by atoms with Crippen LogP contribution in [0, 0.1) is 0 Å². The second-order valence-electron chi connectivity index (χ2n) is 6.27. The van der Waals surface area contributed by atoms with Crippen LogP contribution in [0.1, 0.15) is 42.5 Å². The lowest BCUT2D eigenvalue weighted by Gasteiger charge is -2.30. The van der Waals surface area contributed by atoms with E-state index in [-0.39, 0.29) is 11.4 Å². The van der Waals surface area contributed by atoms with Crippen molar-refractivity contribution in [3.05, 3.63) is 41.7 Å². The fourth-order valence-electron chi connectivity index (χ4n) is 2.65. The molecule has 110 valence electrons. The Hall–Kier alpha value is -2.24. The molecule has 0 spiro atoms. The Morgan fingerprint density at radius 3 is 2.71 bits per heavy atom. The number of carbonyl (C=O) groups is 1. The summed E-state index contributed by atoms with van der Waals surface area (Å²) in [6.45, 7) is 7.68. The van der Waals surface area contributed by atoms with Crippen molar-refractivity contribution in [2.24, 2.45) is 0 Å². The van der Waals surface area contributed by atoms with E-state index < -0.39 is 0 Å². The number of nitrogens with zero attached hydrogens (tertiary/aromatic N) is 5. The molecule has 0 fully saturated rings. The molecule has 0 aliphatic carbocycles. The van der Waals surface area contributed by atoms with E-state index in [2.05, 4.69) is 40.5 Å². The molecule has 2 aromatic heterocycles. The Morgan fingerprint density at radius 1 is 1.24 bits per heavy atom. The molecule has 3 rings (SSSR count). The fourth-order valence-corrected chi connectivity index (χ4v) is 2.65. The van der Waals surface area contributed by atoms with Crippen molar-refractivity contribution in [3.8, 4) is 0 Å². The Balaban J connectivity index is 1.83. The molecule has 0 saturated carbocycles. The fraction of sp³-hybridized carbons (Fsp3) is 0.467. The van der Waals surface area contributed by atoms with E-state index in [9.17, 15) is 4.79 Å². The average molecular weight is 285 g/mol. The number of aromatic nitrogens is 4. The van der Waals surface area contributed by atoms with Crippen LogP contribution in [0.4, 0.5) is 0 Å². The highest BCUT2D eigenvalue weighted by molar-refractivity contribution is 5.92. The summed E-state index contributed by atoms with van der Waals surface area (Å²) in [6, 6.07) is 0. The zero-order chi connectivity index (χ0) is 15.0. The van der Waals surface area contributed by atoms with Gasteiger partial charge in [-0.25, -0.2) is 4.98 Å². The molecule has 0 N–H and O–H groups in total. The van der Waals surface area contributed by atoms with E-state index in [1.807, 2.05) is 6.20 Å². The molecule has 0 atom stereocenters. The van der Waals surface area contributed by atoms with Crippen molar-refractivity contribution >= 4 is 5.91 Å². The number of hydrogen-bond donors (Lipinski definition) is 0. The lowest BCUT2D eigenvalue weighted by Crippen LogP contribution is -2.38. The van der Waals surface area contributed by atoms with Gasteiger partial charge < -0.3 is 4.90 Å². The first-order chi connectivity index (χ1) is 9.97. The van der Waals surface area contributed by atoms with Crippen LogP contribution in [-0.2, 0) is 18.5 Å². The lowest BCUT2D eigenvalue weighted by molar-refractivity contribution is 0.0726. The first kappa shape index (κ1) is 13.7. The highest BCUT2D eigenvalue weighted by atomic mass is 16.2. The normalized spacial score (nSPS) is 14.9. The van der Waals surface area contributed by atoms with Crippen LogP contribution >= 0.6 is 0 Å². The van der Waals surface area contributed by atoms with Gasteiger partial charge in [0.05, 0.1) is 17.9 Å². The zero-order valence-corrected chi connectivity index (χ0v) is 12.6. The van der Waals surface area contributed by atoms with Crippen molar-refractivity contribution in [3.63, 3.8) is 0 Å². The van der Waals surface area contributed by atoms with Gasteiger partial charge in [-0.05, 0) is 20.8 Å². The van der Waals surface area contributed by atoms with Crippen LogP contribution in [0.2, 0.25) is 0 Å². The minimum absolute atomic E-state index is 0.0370. The van der Waals surface area contributed by atoms with E-state index in [0.717, 1.165) is 12.0 Å². The van der Waals surface area contributed by atoms with Crippen molar-refractivity contribution in [2.45, 2.75) is 39.3 Å². The van der Waals surface area contributed by atoms with Crippen LogP contribution in [0.15, 0.2) is 24.8 Å². The molecule has 1 aliphatic rings. The highest BCUT2D eigenvalue weighted by Crippen LogP contribution is 2.24. The molecule has 2 aromatic rings. The SMILES string of the molecule is CC(C)(C)n1ncc2c1CCN(C(=O)c1cnccn1)C2. The van der Waals surface area contributed by atoms with Crippen LogP contribution in [0.25, 0.3) is 0 Å². The predicted molar refractivity (Wildman–Crippen MR) is 77.7 cm³/mol. The number of rotatable bonds is 1. The van der Waals surface area contributed by atoms with Gasteiger partial charge >= 0.3 is 0 Å². The van der Waals surface area contributed by atoms with Gasteiger partial charge in [-0.15, -0.1) is 0 Å². The first-order valence-corrected chi connectivity index (χ1v) is 7.08. The van der Waals surface area contributed by atoms with Crippen LogP contribution < -0.4 is 0 Å². The Kier molecular flexibility index (Phi) is 3.23. The highest BCUT2D eigenvalue weighted by Gasteiger charge is 2.28. The largest absolute Gasteiger partial charge is 0.332 e. The van der Waals surface area contributed by atoms with Crippen LogP contribution in [0.3, 0.4) is 0 Å². The van der Waals surface area contributed by atoms with Crippen molar-refractivity contribution in [2.75, 3.05) is 6.54 Å². The van der Waals surface area contributed by atoms with Crippen molar-refractivity contribution < 1.29 is 4.79 Å². The van der Waals surface area contributed by atoms with Gasteiger partial charge in [0.1, 0.15) is 5.69 Å². The van der Waals surface area contributed by atoms with Gasteiger partial charge in [0, 0.05) is 43.2 Å². The molecular formula is C15H19N5O. The third-order valence-electron chi connectivity index (χ3n) is 3.64. The molecule has 0 saturated heterocycles. The molecular weight excluding hydrogens is 266 g/mol. The number of amides is 1. The maximum absolute atomic E-state index is 12.4. The zero-order valence-electron chi connectivity index (χ0n) is 12.6. The molecule has 21 heavy (non-hydrogen) atoms. The summed E-state index contributed by atoms with van der Waals surface area (Å²) in [4.78, 5) is 22.3. The molecule has 0 aromatic carbocycles. The van der Waals surface area contributed by atoms with Gasteiger partial charge in [0.25, 0.3) is 5.91 Å². The van der Waals surface area contributed by atoms with Gasteiger partial charge in [0.15, 0.2) is 0 Å². The third-order valence-corrected chi connectivity index (χ3v) is 3.64. The Morgan fingerprint density at radius 2 is 2.05 bits per heavy atom. The minimum atomic E-state index is -0.0720. The first-order valence-electron chi connectivity index (χ1n) is 7.08. The summed E-state index contributed by atoms with van der Waals surface area (Å²) < 4.78 is 2.06. The summed E-state index contributed by atoms with van der Waals surface area (Å²) in [5.41, 5.74) is 2.70. The molecule has 1 aliphatic heterocycles. The number of carbonyl (C=O) groups excluding carboxylic acids is 1. The predicted octanol–water partition coefficient (Wildman–Crippen LogP) is 1.63. The van der Waals surface area contributed by atoms with E-state index in [4.69, 9.17) is 0 Å². The molecule has 6 heteroatoms. The summed E-state index contributed by atoms with van der Waals surface area (Å²) in [7, 11) is 0. The molecule has 0 bridgehead atoms. The van der Waals surface area contributed by atoms with Gasteiger partial charge in [-0.2, -0.15) is 5.10 Å². The van der Waals surface area contributed by atoms with Crippen LogP contribution in [-0.4, -0.2) is 37.1 Å². The molecule has 6 nitrogen and oxygen atoms in total. The minimum Gasteiger partial charge on any atom is -0.332 e. The Labute approximate surface area is 123 Å². The topological polar surface area (TPSA) is 63.9 Å². The van der Waals surface area contributed by atoms with Crippen LogP contribution in [0.5, 0.6) is 0 Å². The second-order valence-corrected chi connectivity index (χ2v) is 6.27. The maximum atomic E-state index is 12.4. The summed E-state index contributed by atoms with van der Waals surface area (Å²) in [6.07, 6.45) is 7.31. The van der Waals surface area contributed by atoms with E-state index in [1.165, 1.54) is 11.9 Å². The summed E-state index contributed by atoms with van der Waals surface area (Å²) in [5, 5.41) is 4.49. The average Bonchev–Trinajstić information content (AvgIpc) is 2.90. The maximum Gasteiger partial charge on any atom is 0.274 e. The summed E-state index contributed by atoms with van der Waals surface area (Å²) in [5.74, 6) is -0.0720. The van der Waals surface area contributed by atoms with E-state index in [1.54, 1.807) is 17.3 Å². The third kappa shape index (κ3) is 2.53. The molecule has 0 radical (unpaired) electrons. The van der Waals surface area contributed by atoms with Gasteiger partial charge in [0.2, 0.25) is 0 Å². The standard InChI is InChI=1S/C15H19N5O/c1-15(2,3)20-13-4-7-19(10-11(13)8-18-20)14(21)12-9-16-5-6-17-12/h5-6,8-9H,4,7,10H2,1-3H3. The van der Waals surface area contributed by atoms with Gasteiger partial charge in [-0.1, -0.05) is 0 Å². The smallest absolute Gasteiger partial charge is 0.274 e. The quantitative estimate of drug-likeness (QED) is 0.799. The van der Waals surface area contributed by atoms with Crippen molar-refractivity contribution in [1.29, 1.82) is 0 Å². The second kappa shape index (κ2) is 4.95. The monoisotopic (exact) mass is 285 g/mol. The summed E-state index contributed by atoms with van der Waals surface area (Å²) >= 11 is 0. The molecule has 1 amide bonds. The van der Waals surface area contributed by atoms with E-state index in [0.29, 0.717) is 18.8 Å². The van der Waals surface area contributed by atoms with Gasteiger partial charge in [-0.3, -0.25) is 14.5 Å². The molecule has 0 unspecified atom stereocenters. The number of fused-ring (bicyclic) bond motifs is 1. The van der Waals surface area contributed by atoms with E-state index >= 15 is 0 Å². The Bertz CT molecular complexity index is 656. The lowest BCUT2D eigenvalue weighted by atomic mass is 10.0. The molecule has 3 heterocycles. The van der Waals surface area contributed by atoms with Crippen molar-refractivity contribution in [1.82, 2.24) is 24.6 Å². The number of hydrogen-bond acceptors (Lipinski definition) is 4.